The predicted molar refractivity (Wildman–Crippen MR) is 142 cm³/mol. The molecule has 0 saturated carbocycles. The van der Waals surface area contributed by atoms with E-state index in [2.05, 4.69) is 65.6 Å². The van der Waals surface area contributed by atoms with Crippen molar-refractivity contribution in [2.75, 3.05) is 27.8 Å². The molecule has 0 spiro atoms. The fourth-order valence-electron chi connectivity index (χ4n) is 6.78. The third kappa shape index (κ3) is 4.07. The van der Waals surface area contributed by atoms with Crippen LogP contribution in [0.2, 0.25) is 0 Å². The SMILES string of the molecule is COC1=C[C@@H]2[C@@H]3Cc4ccc(OC)c(OCc5cn(Cc6cccc(C)c6)nn5)c4[C@]2(CCN3C)CC1=O. The monoisotopic (exact) mass is 514 g/mol. The summed E-state index contributed by atoms with van der Waals surface area (Å²) >= 11 is 0. The molecule has 3 aromatic rings. The average Bonchev–Trinajstić information content (AvgIpc) is 3.35. The molecule has 2 heterocycles. The third-order valence-corrected chi connectivity index (χ3v) is 8.56. The van der Waals surface area contributed by atoms with Gasteiger partial charge < -0.3 is 19.1 Å². The zero-order valence-corrected chi connectivity index (χ0v) is 22.4. The van der Waals surface area contributed by atoms with Crippen molar-refractivity contribution >= 4 is 5.78 Å². The largest absolute Gasteiger partial charge is 0.493 e. The number of likely N-dealkylation sites (tertiary alicyclic amines) is 1. The highest BCUT2D eigenvalue weighted by atomic mass is 16.5. The zero-order valence-electron chi connectivity index (χ0n) is 22.4. The smallest absolute Gasteiger partial charge is 0.197 e. The number of ether oxygens (including phenoxy) is 3. The van der Waals surface area contributed by atoms with E-state index in [0.717, 1.165) is 30.6 Å². The Morgan fingerprint density at radius 2 is 2.03 bits per heavy atom. The molecule has 1 aromatic heterocycles. The number of aromatic nitrogens is 3. The number of allylic oxidation sites excluding steroid dienone is 1. The Bertz CT molecular complexity index is 1410. The molecule has 38 heavy (non-hydrogen) atoms. The van der Waals surface area contributed by atoms with Gasteiger partial charge in [0, 0.05) is 29.4 Å². The van der Waals surface area contributed by atoms with E-state index in [1.54, 1.807) is 14.2 Å². The molecule has 2 bridgehead atoms. The van der Waals surface area contributed by atoms with Crippen molar-refractivity contribution < 1.29 is 19.0 Å². The Morgan fingerprint density at radius 3 is 2.82 bits per heavy atom. The van der Waals surface area contributed by atoms with E-state index in [1.807, 2.05) is 16.9 Å². The van der Waals surface area contributed by atoms with Gasteiger partial charge in [-0.3, -0.25) is 4.79 Å². The number of nitrogens with zero attached hydrogens (tertiary/aromatic N) is 4. The van der Waals surface area contributed by atoms with Crippen LogP contribution >= 0.6 is 0 Å². The maximum Gasteiger partial charge on any atom is 0.197 e. The first-order valence-corrected chi connectivity index (χ1v) is 13.2. The number of ketones is 1. The molecule has 1 saturated heterocycles. The molecule has 1 fully saturated rings. The second-order valence-corrected chi connectivity index (χ2v) is 10.8. The van der Waals surface area contributed by atoms with Crippen LogP contribution in [0.25, 0.3) is 0 Å². The van der Waals surface area contributed by atoms with Gasteiger partial charge in [-0.1, -0.05) is 41.1 Å². The molecule has 3 aliphatic rings. The van der Waals surface area contributed by atoms with Crippen LogP contribution in [0.5, 0.6) is 11.5 Å². The first kappa shape index (κ1) is 24.7. The van der Waals surface area contributed by atoms with Crippen LogP contribution in [-0.2, 0) is 34.5 Å². The molecule has 0 N–H and O–H groups in total. The van der Waals surface area contributed by atoms with Crippen LogP contribution in [0.4, 0.5) is 0 Å². The van der Waals surface area contributed by atoms with E-state index >= 15 is 0 Å². The van der Waals surface area contributed by atoms with E-state index in [4.69, 9.17) is 14.2 Å². The first-order valence-electron chi connectivity index (χ1n) is 13.2. The Hall–Kier alpha value is -3.65. The molecule has 2 aromatic carbocycles. The number of piperidine rings is 1. The summed E-state index contributed by atoms with van der Waals surface area (Å²) in [4.78, 5) is 15.6. The fourth-order valence-corrected chi connectivity index (χ4v) is 6.78. The maximum absolute atomic E-state index is 13.2. The van der Waals surface area contributed by atoms with Crippen molar-refractivity contribution in [2.24, 2.45) is 5.92 Å². The molecule has 2 aliphatic carbocycles. The quantitative estimate of drug-likeness (QED) is 0.474. The van der Waals surface area contributed by atoms with Crippen LogP contribution in [0.3, 0.4) is 0 Å². The van der Waals surface area contributed by atoms with Crippen LogP contribution in [0.15, 0.2) is 54.4 Å². The molecule has 6 rings (SSSR count). The van der Waals surface area contributed by atoms with Crippen molar-refractivity contribution in [1.29, 1.82) is 0 Å². The Labute approximate surface area is 223 Å². The van der Waals surface area contributed by atoms with Gasteiger partial charge in [-0.05, 0) is 56.6 Å². The highest BCUT2D eigenvalue weighted by molar-refractivity contribution is 5.96. The number of rotatable bonds is 7. The van der Waals surface area contributed by atoms with Crippen molar-refractivity contribution in [1.82, 2.24) is 19.9 Å². The van der Waals surface area contributed by atoms with Gasteiger partial charge in [-0.25, -0.2) is 4.68 Å². The highest BCUT2D eigenvalue weighted by Crippen LogP contribution is 2.58. The second kappa shape index (κ2) is 9.58. The van der Waals surface area contributed by atoms with Gasteiger partial charge in [-0.2, -0.15) is 0 Å². The summed E-state index contributed by atoms with van der Waals surface area (Å²) in [6.07, 6.45) is 6.15. The van der Waals surface area contributed by atoms with Crippen LogP contribution < -0.4 is 9.47 Å². The summed E-state index contributed by atoms with van der Waals surface area (Å²) in [5.74, 6) is 2.08. The van der Waals surface area contributed by atoms with Crippen molar-refractivity contribution in [3.8, 4) is 11.5 Å². The van der Waals surface area contributed by atoms with Gasteiger partial charge in [-0.15, -0.1) is 5.10 Å². The molecule has 8 nitrogen and oxygen atoms in total. The molecule has 8 heteroatoms. The Kier molecular flexibility index (Phi) is 6.22. The molecule has 0 amide bonds. The maximum atomic E-state index is 13.2. The number of methoxy groups -OCH3 is 2. The standard InChI is InChI=1S/C30H34N4O4/c1-19-6-5-7-20(12-19)16-34-17-22(31-32-34)18-38-29-26(36-3)9-8-21-13-24-23-14-27(37-4)25(35)15-30(23,28(21)29)10-11-33(24)2/h5-9,12,14,17,23-24H,10-11,13,15-16,18H2,1-4H3/t23-,24+,30-/m1/s1. The number of Topliss-reactive ketones (excluding diaryl/α,β-unsaturated/α-hetero) is 1. The number of fused-ring (bicyclic) bond motifs is 1. The average molecular weight is 515 g/mol. The number of hydrogen-bond acceptors (Lipinski definition) is 7. The normalized spacial score (nSPS) is 24.3. The van der Waals surface area contributed by atoms with Crippen LogP contribution in [-0.4, -0.2) is 59.5 Å². The van der Waals surface area contributed by atoms with Crippen LogP contribution in [0.1, 0.15) is 40.8 Å². The molecular formula is C30H34N4O4. The summed E-state index contributed by atoms with van der Waals surface area (Å²) in [5, 5.41) is 8.68. The Morgan fingerprint density at radius 1 is 1.16 bits per heavy atom. The van der Waals surface area contributed by atoms with Gasteiger partial charge in [0.1, 0.15) is 12.3 Å². The Balaban J connectivity index is 1.34. The second-order valence-electron chi connectivity index (χ2n) is 10.8. The predicted octanol–water partition coefficient (Wildman–Crippen LogP) is 3.84. The minimum atomic E-state index is -0.351. The number of benzene rings is 2. The van der Waals surface area contributed by atoms with Gasteiger partial charge in [0.2, 0.25) is 0 Å². The number of likely N-dealkylation sites (N-methyl/N-ethyl adjacent to an activating group) is 1. The summed E-state index contributed by atoms with van der Waals surface area (Å²) < 4.78 is 19.6. The van der Waals surface area contributed by atoms with Gasteiger partial charge in [0.05, 0.1) is 27.0 Å². The van der Waals surface area contributed by atoms with Crippen LogP contribution in [0, 0.1) is 12.8 Å². The molecule has 198 valence electrons. The lowest BCUT2D eigenvalue weighted by Gasteiger charge is -2.56. The lowest BCUT2D eigenvalue weighted by Crippen LogP contribution is -2.60. The highest BCUT2D eigenvalue weighted by Gasteiger charge is 2.56. The minimum Gasteiger partial charge on any atom is -0.493 e. The number of hydrogen-bond donors (Lipinski definition) is 0. The number of aryl methyl sites for hydroxylation is 1. The van der Waals surface area contributed by atoms with E-state index < -0.39 is 0 Å². The van der Waals surface area contributed by atoms with Gasteiger partial charge in [0.25, 0.3) is 0 Å². The first-order chi connectivity index (χ1) is 18.4. The van der Waals surface area contributed by atoms with Crippen molar-refractivity contribution in [3.05, 3.63) is 82.4 Å². The van der Waals surface area contributed by atoms with E-state index in [-0.39, 0.29) is 23.7 Å². The van der Waals surface area contributed by atoms with Gasteiger partial charge >= 0.3 is 0 Å². The molecular weight excluding hydrogens is 480 g/mol. The number of carbonyl (C=O) groups excluding carboxylic acids is 1. The molecule has 0 radical (unpaired) electrons. The minimum absolute atomic E-state index is 0.0489. The molecule has 3 atom stereocenters. The van der Waals surface area contributed by atoms with Crippen molar-refractivity contribution in [2.45, 2.75) is 50.8 Å². The molecule has 1 aliphatic heterocycles. The summed E-state index contributed by atoms with van der Waals surface area (Å²) in [6.45, 7) is 3.92. The summed E-state index contributed by atoms with van der Waals surface area (Å²) in [6, 6.07) is 12.8. The van der Waals surface area contributed by atoms with Crippen molar-refractivity contribution in [3.63, 3.8) is 0 Å². The lowest BCUT2D eigenvalue weighted by molar-refractivity contribution is -0.122. The van der Waals surface area contributed by atoms with E-state index in [0.29, 0.717) is 36.3 Å². The summed E-state index contributed by atoms with van der Waals surface area (Å²) in [5.41, 5.74) is 5.11. The molecule has 0 unspecified atom stereocenters. The third-order valence-electron chi connectivity index (χ3n) is 8.56. The topological polar surface area (TPSA) is 78.7 Å². The van der Waals surface area contributed by atoms with Gasteiger partial charge in [0.15, 0.2) is 23.0 Å². The van der Waals surface area contributed by atoms with E-state index in [9.17, 15) is 4.79 Å². The number of carbonyl (C=O) groups is 1. The van der Waals surface area contributed by atoms with E-state index in [1.165, 1.54) is 16.7 Å². The summed E-state index contributed by atoms with van der Waals surface area (Å²) in [7, 11) is 5.43. The fraction of sp³-hybridized carbons (Fsp3) is 0.433. The lowest BCUT2D eigenvalue weighted by atomic mass is 9.53. The zero-order chi connectivity index (χ0) is 26.4.